The van der Waals surface area contributed by atoms with E-state index in [0.29, 0.717) is 0 Å². The Kier molecular flexibility index (Phi) is 15.4. The molecular weight excluding hydrogens is 377 g/mol. The van der Waals surface area contributed by atoms with E-state index < -0.39 is 32.5 Å². The average molecular weight is 411 g/mol. The topological polar surface area (TPSA) is 134 Å². The fourth-order valence-electron chi connectivity index (χ4n) is 2.22. The van der Waals surface area contributed by atoms with Crippen LogP contribution in [0.2, 0.25) is 0 Å². The van der Waals surface area contributed by atoms with Crippen LogP contribution in [0.4, 0.5) is 0 Å². The molecule has 9 nitrogen and oxygen atoms in total. The zero-order valence-electron chi connectivity index (χ0n) is 16.4. The zero-order valence-corrected chi connectivity index (χ0v) is 17.3. The van der Waals surface area contributed by atoms with Crippen LogP contribution in [0.25, 0.3) is 0 Å². The average Bonchev–Trinajstić information content (AvgIpc) is 2.61. The number of hydrogen-bond donors (Lipinski definition) is 2. The van der Waals surface area contributed by atoms with Crippen molar-refractivity contribution >= 4 is 19.8 Å². The van der Waals surface area contributed by atoms with Crippen molar-refractivity contribution in [1.29, 1.82) is 0 Å². The number of esters is 2. The first-order chi connectivity index (χ1) is 12.8. The van der Waals surface area contributed by atoms with E-state index in [9.17, 15) is 19.0 Å². The maximum absolute atomic E-state index is 11.8. The van der Waals surface area contributed by atoms with Gasteiger partial charge in [0, 0.05) is 19.9 Å². The number of carbonyl (C=O) groups is 2. The van der Waals surface area contributed by atoms with Gasteiger partial charge in [-0.25, -0.2) is 4.57 Å². The molecule has 2 atom stereocenters. The van der Waals surface area contributed by atoms with Crippen molar-refractivity contribution in [1.82, 2.24) is 0 Å². The van der Waals surface area contributed by atoms with Crippen LogP contribution < -0.4 is 5.73 Å². The highest BCUT2D eigenvalue weighted by Gasteiger charge is 2.25. The summed E-state index contributed by atoms with van der Waals surface area (Å²) in [4.78, 5) is 32.3. The molecule has 10 heteroatoms. The SMILES string of the molecule is CCCCCCCCCC(=O)OC[C@H](COP(=O)(O)OCCN)OC(C)=O. The molecule has 0 fully saturated rings. The number of rotatable bonds is 17. The third-order valence-corrected chi connectivity index (χ3v) is 4.53. The summed E-state index contributed by atoms with van der Waals surface area (Å²) in [5, 5.41) is 0. The third-order valence-electron chi connectivity index (χ3n) is 3.54. The maximum Gasteiger partial charge on any atom is 0.472 e. The molecule has 0 aliphatic rings. The Morgan fingerprint density at radius 2 is 1.67 bits per heavy atom. The van der Waals surface area contributed by atoms with Crippen LogP contribution in [0.1, 0.15) is 65.2 Å². The maximum atomic E-state index is 11.8. The summed E-state index contributed by atoms with van der Waals surface area (Å²) >= 11 is 0. The lowest BCUT2D eigenvalue weighted by molar-refractivity contribution is -0.159. The highest BCUT2D eigenvalue weighted by Crippen LogP contribution is 2.42. The van der Waals surface area contributed by atoms with Gasteiger partial charge in [0.15, 0.2) is 6.10 Å². The summed E-state index contributed by atoms with van der Waals surface area (Å²) in [7, 11) is -4.30. The lowest BCUT2D eigenvalue weighted by atomic mass is 10.1. The zero-order chi connectivity index (χ0) is 20.5. The van der Waals surface area contributed by atoms with Crippen molar-refractivity contribution < 1.29 is 37.6 Å². The molecule has 160 valence electrons. The fourth-order valence-corrected chi connectivity index (χ4v) is 2.98. The second-order valence-electron chi connectivity index (χ2n) is 6.17. The Morgan fingerprint density at radius 3 is 2.26 bits per heavy atom. The quantitative estimate of drug-likeness (QED) is 0.210. The number of hydrogen-bond acceptors (Lipinski definition) is 8. The molecule has 0 aromatic rings. The van der Waals surface area contributed by atoms with Crippen LogP contribution in [0.15, 0.2) is 0 Å². The molecule has 0 spiro atoms. The van der Waals surface area contributed by atoms with Gasteiger partial charge in [0.25, 0.3) is 0 Å². The minimum Gasteiger partial charge on any atom is -0.462 e. The molecule has 0 amide bonds. The Morgan fingerprint density at radius 1 is 1.04 bits per heavy atom. The molecule has 0 saturated heterocycles. The van der Waals surface area contributed by atoms with Crippen LogP contribution >= 0.6 is 7.82 Å². The van der Waals surface area contributed by atoms with Gasteiger partial charge in [0.05, 0.1) is 13.2 Å². The van der Waals surface area contributed by atoms with Crippen LogP contribution in [0.3, 0.4) is 0 Å². The van der Waals surface area contributed by atoms with Crippen LogP contribution in [-0.4, -0.2) is 49.3 Å². The first-order valence-electron chi connectivity index (χ1n) is 9.45. The molecule has 3 N–H and O–H groups in total. The highest BCUT2D eigenvalue weighted by atomic mass is 31.2. The molecule has 0 aliphatic carbocycles. The molecule has 0 aromatic carbocycles. The van der Waals surface area contributed by atoms with E-state index >= 15 is 0 Å². The number of phosphoric acid groups is 1. The third kappa shape index (κ3) is 16.9. The van der Waals surface area contributed by atoms with Gasteiger partial charge in [-0.15, -0.1) is 0 Å². The summed E-state index contributed by atoms with van der Waals surface area (Å²) in [5.41, 5.74) is 5.18. The van der Waals surface area contributed by atoms with Crippen LogP contribution in [0, 0.1) is 0 Å². The van der Waals surface area contributed by atoms with Gasteiger partial charge in [-0.1, -0.05) is 45.4 Å². The Bertz CT molecular complexity index is 460. The standard InChI is InChI=1S/C17H34NO8P/c1-3-4-5-6-7-8-9-10-17(20)23-13-16(26-15(2)19)14-25-27(21,22)24-12-11-18/h16H,3-14,18H2,1-2H3,(H,21,22)/t16-/m1/s1. The Hall–Kier alpha value is -0.990. The predicted octanol–water partition coefficient (Wildman–Crippen LogP) is 2.69. The molecule has 0 saturated carbocycles. The minimum absolute atomic E-state index is 0.0531. The number of nitrogens with two attached hydrogens (primary N) is 1. The van der Waals surface area contributed by atoms with E-state index in [1.165, 1.54) is 32.6 Å². The molecule has 0 heterocycles. The highest BCUT2D eigenvalue weighted by molar-refractivity contribution is 7.47. The number of carbonyl (C=O) groups excluding carboxylic acids is 2. The predicted molar refractivity (Wildman–Crippen MR) is 99.9 cm³/mol. The lowest BCUT2D eigenvalue weighted by Crippen LogP contribution is -2.28. The van der Waals surface area contributed by atoms with E-state index in [-0.39, 0.29) is 26.2 Å². The molecule has 0 bridgehead atoms. The molecule has 0 aliphatic heterocycles. The second-order valence-corrected chi connectivity index (χ2v) is 7.63. The number of ether oxygens (including phenoxy) is 2. The molecule has 0 aromatic heterocycles. The molecular formula is C17H34NO8P. The number of phosphoric ester groups is 1. The van der Waals surface area contributed by atoms with Gasteiger partial charge in [0.1, 0.15) is 6.61 Å². The Balaban J connectivity index is 4.09. The molecule has 1 unspecified atom stereocenters. The minimum atomic E-state index is -4.30. The summed E-state index contributed by atoms with van der Waals surface area (Å²) < 4.78 is 30.9. The van der Waals surface area contributed by atoms with Crippen molar-refractivity contribution in [2.75, 3.05) is 26.4 Å². The monoisotopic (exact) mass is 411 g/mol. The van der Waals surface area contributed by atoms with E-state index in [4.69, 9.17) is 19.7 Å². The summed E-state index contributed by atoms with van der Waals surface area (Å²) in [6.45, 7) is 2.54. The van der Waals surface area contributed by atoms with Gasteiger partial charge in [0.2, 0.25) is 0 Å². The second kappa shape index (κ2) is 16.0. The fraction of sp³-hybridized carbons (Fsp3) is 0.882. The van der Waals surface area contributed by atoms with Gasteiger partial charge in [-0.3, -0.25) is 18.6 Å². The molecule has 0 rings (SSSR count). The van der Waals surface area contributed by atoms with Crippen LogP contribution in [-0.2, 0) is 32.7 Å². The smallest absolute Gasteiger partial charge is 0.462 e. The van der Waals surface area contributed by atoms with Gasteiger partial charge in [-0.05, 0) is 6.42 Å². The largest absolute Gasteiger partial charge is 0.472 e. The number of unbranched alkanes of at least 4 members (excludes halogenated alkanes) is 6. The first-order valence-corrected chi connectivity index (χ1v) is 10.9. The summed E-state index contributed by atoms with van der Waals surface area (Å²) in [5.74, 6) is -1.03. The van der Waals surface area contributed by atoms with Gasteiger partial charge in [-0.2, -0.15) is 0 Å². The van der Waals surface area contributed by atoms with E-state index in [1.54, 1.807) is 0 Å². The summed E-state index contributed by atoms with van der Waals surface area (Å²) in [6, 6.07) is 0. The first kappa shape index (κ1) is 26.0. The Labute approximate surface area is 161 Å². The van der Waals surface area contributed by atoms with Crippen molar-refractivity contribution in [2.45, 2.75) is 71.3 Å². The van der Waals surface area contributed by atoms with E-state index in [0.717, 1.165) is 19.3 Å². The van der Waals surface area contributed by atoms with Crippen LogP contribution in [0.5, 0.6) is 0 Å². The van der Waals surface area contributed by atoms with Crippen molar-refractivity contribution in [2.24, 2.45) is 5.73 Å². The van der Waals surface area contributed by atoms with Crippen molar-refractivity contribution in [3.8, 4) is 0 Å². The molecule has 27 heavy (non-hydrogen) atoms. The van der Waals surface area contributed by atoms with Gasteiger partial charge >= 0.3 is 19.8 Å². The normalized spacial score (nSPS) is 14.4. The lowest BCUT2D eigenvalue weighted by Gasteiger charge is -2.19. The van der Waals surface area contributed by atoms with Crippen molar-refractivity contribution in [3.63, 3.8) is 0 Å². The van der Waals surface area contributed by atoms with Gasteiger partial charge < -0.3 is 20.1 Å². The van der Waals surface area contributed by atoms with E-state index in [1.807, 2.05) is 0 Å². The van der Waals surface area contributed by atoms with E-state index in [2.05, 4.69) is 11.4 Å². The summed E-state index contributed by atoms with van der Waals surface area (Å²) in [6.07, 6.45) is 6.88. The van der Waals surface area contributed by atoms with Crippen molar-refractivity contribution in [3.05, 3.63) is 0 Å². The molecule has 0 radical (unpaired) electrons.